The number of ether oxygens (including phenoxy) is 5. The third kappa shape index (κ3) is 5.92. The van der Waals surface area contributed by atoms with Crippen LogP contribution in [-0.2, 0) is 14.2 Å². The third-order valence-electron chi connectivity index (χ3n) is 7.59. The second-order valence-electron chi connectivity index (χ2n) is 10.6. The molecule has 3 aromatic rings. The van der Waals surface area contributed by atoms with Crippen molar-refractivity contribution in [2.75, 3.05) is 13.7 Å². The van der Waals surface area contributed by atoms with Crippen molar-refractivity contribution in [2.45, 2.75) is 68.3 Å². The van der Waals surface area contributed by atoms with Crippen molar-refractivity contribution < 1.29 is 79.2 Å². The van der Waals surface area contributed by atoms with Gasteiger partial charge in [-0.3, -0.25) is 4.79 Å². The maximum absolute atomic E-state index is 13.7. The van der Waals surface area contributed by atoms with Gasteiger partial charge in [0.15, 0.2) is 23.5 Å². The van der Waals surface area contributed by atoms with Crippen LogP contribution in [0.1, 0.15) is 6.92 Å². The predicted octanol–water partition coefficient (Wildman–Crippen LogP) is -1.68. The van der Waals surface area contributed by atoms with Crippen molar-refractivity contribution in [1.29, 1.82) is 0 Å². The summed E-state index contributed by atoms with van der Waals surface area (Å²) in [5.41, 5.74) is -1.51. The number of aliphatic hydroxyl groups is 6. The van der Waals surface area contributed by atoms with E-state index < -0.39 is 113 Å². The van der Waals surface area contributed by atoms with Crippen molar-refractivity contribution in [1.82, 2.24) is 0 Å². The first-order valence-corrected chi connectivity index (χ1v) is 13.5. The van der Waals surface area contributed by atoms with Gasteiger partial charge in [0, 0.05) is 17.7 Å². The number of phenolic OH excluding ortho intramolecular Hbond substituents is 4. The number of fused-ring (bicyclic) bond motifs is 1. The minimum atomic E-state index is -2.00. The Bertz CT molecular complexity index is 1610. The Labute approximate surface area is 252 Å². The van der Waals surface area contributed by atoms with Crippen LogP contribution in [0.2, 0.25) is 0 Å². The molecule has 0 aliphatic carbocycles. The second-order valence-corrected chi connectivity index (χ2v) is 10.6. The van der Waals surface area contributed by atoms with E-state index in [4.69, 9.17) is 28.1 Å². The molecule has 17 heteroatoms. The molecular formula is C28H32O17. The van der Waals surface area contributed by atoms with Crippen molar-refractivity contribution in [2.24, 2.45) is 0 Å². The van der Waals surface area contributed by atoms with Gasteiger partial charge in [-0.1, -0.05) is 0 Å². The summed E-state index contributed by atoms with van der Waals surface area (Å²) in [5, 5.41) is 102. The summed E-state index contributed by atoms with van der Waals surface area (Å²) < 4.78 is 33.0. The Morgan fingerprint density at radius 1 is 0.778 bits per heavy atom. The lowest BCUT2D eigenvalue weighted by molar-refractivity contribution is -0.318. The Balaban J connectivity index is 1.51. The van der Waals surface area contributed by atoms with Crippen LogP contribution in [0.25, 0.3) is 22.3 Å². The van der Waals surface area contributed by atoms with Crippen LogP contribution < -0.4 is 14.9 Å². The first kappa shape index (κ1) is 32.5. The Morgan fingerprint density at radius 2 is 1.44 bits per heavy atom. The number of methoxy groups -OCH3 is 1. The lowest BCUT2D eigenvalue weighted by Gasteiger charge is -2.42. The van der Waals surface area contributed by atoms with E-state index in [2.05, 4.69) is 0 Å². The van der Waals surface area contributed by atoms with Crippen LogP contribution in [0.5, 0.6) is 34.5 Å². The molecule has 5 rings (SSSR count). The Morgan fingerprint density at radius 3 is 2.13 bits per heavy atom. The first-order valence-electron chi connectivity index (χ1n) is 13.5. The summed E-state index contributed by atoms with van der Waals surface area (Å²) in [6, 6.07) is 4.01. The zero-order valence-electron chi connectivity index (χ0n) is 23.6. The van der Waals surface area contributed by atoms with Gasteiger partial charge in [0.2, 0.25) is 23.2 Å². The molecule has 0 radical (unpaired) electrons. The number of aliphatic hydroxyl groups excluding tert-OH is 6. The van der Waals surface area contributed by atoms with E-state index in [0.717, 1.165) is 24.3 Å². The number of phenols is 4. The minimum absolute atomic E-state index is 0.122. The highest BCUT2D eigenvalue weighted by molar-refractivity contribution is 5.88. The highest BCUT2D eigenvalue weighted by Crippen LogP contribution is 2.43. The summed E-state index contributed by atoms with van der Waals surface area (Å²) in [7, 11) is 1.18. The van der Waals surface area contributed by atoms with E-state index in [1.165, 1.54) is 14.0 Å². The standard InChI is InChI=1S/C28H32O17/c1-8-17(32)21(36)23(38)27(42-8)41-7-15-19(34)22(37)24(39)28(44-15)45-26-20(35)16-11(30)5-10(29)6-13(16)43-25(26)9-3-12(31)18(33)14(4-9)40-2/h3-6,8,15,17,19,21-24,27-34,36-39H,7H2,1-2H3/t8?,15?,17-,19+,21-,22?,23?,24?,27+,28-/m0/s1. The molecule has 0 bridgehead atoms. The molecule has 10 N–H and O–H groups in total. The molecule has 45 heavy (non-hydrogen) atoms. The molecule has 0 spiro atoms. The quantitative estimate of drug-likeness (QED) is 0.129. The van der Waals surface area contributed by atoms with Gasteiger partial charge in [-0.15, -0.1) is 0 Å². The molecule has 10 atom stereocenters. The highest BCUT2D eigenvalue weighted by Gasteiger charge is 2.48. The van der Waals surface area contributed by atoms with E-state index in [1.807, 2.05) is 0 Å². The van der Waals surface area contributed by atoms with Crippen molar-refractivity contribution in [3.8, 4) is 45.8 Å². The smallest absolute Gasteiger partial charge is 0.239 e. The topological polar surface area (TPSA) is 279 Å². The molecule has 2 aromatic carbocycles. The van der Waals surface area contributed by atoms with Crippen molar-refractivity contribution >= 4 is 11.0 Å². The monoisotopic (exact) mass is 640 g/mol. The van der Waals surface area contributed by atoms with Gasteiger partial charge in [0.1, 0.15) is 65.2 Å². The molecule has 3 heterocycles. The molecule has 0 amide bonds. The number of benzene rings is 2. The van der Waals surface area contributed by atoms with E-state index in [1.54, 1.807) is 0 Å². The highest BCUT2D eigenvalue weighted by atomic mass is 16.7. The van der Waals surface area contributed by atoms with Gasteiger partial charge in [0.05, 0.1) is 19.8 Å². The Hall–Kier alpha value is -3.91. The number of hydrogen-bond acceptors (Lipinski definition) is 17. The van der Waals surface area contributed by atoms with Gasteiger partial charge in [-0.05, 0) is 19.1 Å². The van der Waals surface area contributed by atoms with Crippen LogP contribution >= 0.6 is 0 Å². The number of hydrogen-bond donors (Lipinski definition) is 10. The van der Waals surface area contributed by atoms with Crippen LogP contribution in [-0.4, -0.2) is 126 Å². The number of aromatic hydroxyl groups is 4. The van der Waals surface area contributed by atoms with E-state index in [0.29, 0.717) is 0 Å². The maximum Gasteiger partial charge on any atom is 0.239 e. The van der Waals surface area contributed by atoms with Crippen molar-refractivity contribution in [3.05, 3.63) is 34.5 Å². The van der Waals surface area contributed by atoms with Crippen LogP contribution in [0.15, 0.2) is 33.5 Å². The fraction of sp³-hybridized carbons (Fsp3) is 0.464. The van der Waals surface area contributed by atoms with Crippen LogP contribution in [0.3, 0.4) is 0 Å². The van der Waals surface area contributed by atoms with Gasteiger partial charge < -0.3 is 79.2 Å². The molecular weight excluding hydrogens is 608 g/mol. The normalized spacial score (nSPS) is 32.0. The van der Waals surface area contributed by atoms with Gasteiger partial charge in [-0.25, -0.2) is 0 Å². The molecule has 0 saturated carbocycles. The first-order chi connectivity index (χ1) is 21.2. The molecule has 2 aliphatic rings. The SMILES string of the molecule is COc1cc(-c2oc3cc(O)cc(O)c3c(=O)c2O[C@@H]2OC(CO[C@@H]3OC(C)[C@H](O)[C@H](O)C3O)[C@@H](O)C(O)C2O)cc(O)c1O. The van der Waals surface area contributed by atoms with E-state index >= 15 is 0 Å². The number of rotatable bonds is 7. The van der Waals surface area contributed by atoms with E-state index in [9.17, 15) is 55.9 Å². The zero-order valence-corrected chi connectivity index (χ0v) is 23.6. The molecule has 5 unspecified atom stereocenters. The van der Waals surface area contributed by atoms with Gasteiger partial charge in [-0.2, -0.15) is 0 Å². The molecule has 2 fully saturated rings. The molecule has 246 valence electrons. The third-order valence-corrected chi connectivity index (χ3v) is 7.59. The summed E-state index contributed by atoms with van der Waals surface area (Å²) >= 11 is 0. The van der Waals surface area contributed by atoms with Gasteiger partial charge in [0.25, 0.3) is 0 Å². The summed E-state index contributed by atoms with van der Waals surface area (Å²) in [6.45, 7) is 0.797. The summed E-state index contributed by atoms with van der Waals surface area (Å²) in [4.78, 5) is 13.7. The van der Waals surface area contributed by atoms with Crippen LogP contribution in [0.4, 0.5) is 0 Å². The Kier molecular flexibility index (Phi) is 9.00. The van der Waals surface area contributed by atoms with Crippen LogP contribution in [0, 0.1) is 0 Å². The van der Waals surface area contributed by atoms with Crippen molar-refractivity contribution in [3.63, 3.8) is 0 Å². The molecule has 2 saturated heterocycles. The fourth-order valence-corrected chi connectivity index (χ4v) is 5.05. The average molecular weight is 641 g/mol. The fourth-order valence-electron chi connectivity index (χ4n) is 5.05. The minimum Gasteiger partial charge on any atom is -0.508 e. The van der Waals surface area contributed by atoms with E-state index in [-0.39, 0.29) is 16.9 Å². The zero-order chi connectivity index (χ0) is 32.9. The molecule has 2 aliphatic heterocycles. The maximum atomic E-state index is 13.7. The molecule has 17 nitrogen and oxygen atoms in total. The molecule has 1 aromatic heterocycles. The summed E-state index contributed by atoms with van der Waals surface area (Å²) in [6.07, 6.45) is -16.3. The lowest BCUT2D eigenvalue weighted by atomic mass is 9.98. The average Bonchev–Trinajstić information content (AvgIpc) is 2.99. The summed E-state index contributed by atoms with van der Waals surface area (Å²) in [5.74, 6) is -3.96. The predicted molar refractivity (Wildman–Crippen MR) is 147 cm³/mol. The van der Waals surface area contributed by atoms with Gasteiger partial charge >= 0.3 is 0 Å². The lowest BCUT2D eigenvalue weighted by Crippen LogP contribution is -2.61. The largest absolute Gasteiger partial charge is 0.508 e. The second kappa shape index (κ2) is 12.5.